The van der Waals surface area contributed by atoms with Gasteiger partial charge in [0.25, 0.3) is 11.7 Å². The molecule has 1 fully saturated rings. The quantitative estimate of drug-likeness (QED) is 0.284. The van der Waals surface area contributed by atoms with Crippen molar-refractivity contribution >= 4 is 34.7 Å². The van der Waals surface area contributed by atoms with Gasteiger partial charge in [-0.15, -0.1) is 0 Å². The first-order valence-corrected chi connectivity index (χ1v) is 11.9. The lowest BCUT2D eigenvalue weighted by atomic mass is 9.95. The van der Waals surface area contributed by atoms with Crippen molar-refractivity contribution in [3.8, 4) is 17.2 Å². The van der Waals surface area contributed by atoms with E-state index in [1.165, 1.54) is 18.1 Å². The van der Waals surface area contributed by atoms with Crippen LogP contribution >= 0.6 is 11.6 Å². The van der Waals surface area contributed by atoms with Gasteiger partial charge in [-0.3, -0.25) is 9.59 Å². The van der Waals surface area contributed by atoms with E-state index in [9.17, 15) is 14.7 Å². The van der Waals surface area contributed by atoms with Crippen LogP contribution in [0.4, 0.5) is 5.69 Å². The largest absolute Gasteiger partial charge is 0.507 e. The fourth-order valence-corrected chi connectivity index (χ4v) is 4.81. The number of aliphatic hydroxyl groups excluding tert-OH is 1. The normalized spacial score (nSPS) is 17.8. The molecule has 5 rings (SSSR count). The van der Waals surface area contributed by atoms with Crippen LogP contribution in [0.1, 0.15) is 22.7 Å². The molecule has 2 aliphatic heterocycles. The molecule has 0 saturated carbocycles. The lowest BCUT2D eigenvalue weighted by Gasteiger charge is -2.26. The number of benzene rings is 3. The van der Waals surface area contributed by atoms with Crippen molar-refractivity contribution in [1.29, 1.82) is 0 Å². The van der Waals surface area contributed by atoms with E-state index in [1.807, 2.05) is 49.3 Å². The van der Waals surface area contributed by atoms with Gasteiger partial charge in [0.05, 0.1) is 23.7 Å². The minimum atomic E-state index is -0.817. The highest BCUT2D eigenvalue weighted by Crippen LogP contribution is 2.42. The summed E-state index contributed by atoms with van der Waals surface area (Å²) in [6, 6.07) is 16.8. The Morgan fingerprint density at radius 1 is 1.05 bits per heavy atom. The predicted molar refractivity (Wildman–Crippen MR) is 139 cm³/mol. The summed E-state index contributed by atoms with van der Waals surface area (Å²) in [5.41, 5.74) is 2.70. The molecule has 37 heavy (non-hydrogen) atoms. The second-order valence-corrected chi connectivity index (χ2v) is 9.36. The number of hydrogen-bond donors (Lipinski definition) is 1. The highest BCUT2D eigenvalue weighted by molar-refractivity contribution is 6.46. The van der Waals surface area contributed by atoms with Crippen molar-refractivity contribution in [3.63, 3.8) is 0 Å². The molecule has 1 saturated heterocycles. The third-order valence-electron chi connectivity index (χ3n) is 6.48. The third-order valence-corrected chi connectivity index (χ3v) is 6.78. The van der Waals surface area contributed by atoms with Crippen LogP contribution in [0.25, 0.3) is 5.76 Å². The van der Waals surface area contributed by atoms with Crippen LogP contribution < -0.4 is 19.1 Å². The van der Waals surface area contributed by atoms with Crippen LogP contribution in [0.3, 0.4) is 0 Å². The highest BCUT2D eigenvalue weighted by atomic mass is 35.5. The first-order valence-electron chi connectivity index (χ1n) is 11.6. The van der Waals surface area contributed by atoms with E-state index in [2.05, 4.69) is 0 Å². The minimum absolute atomic E-state index is 0.00965. The molecule has 0 aromatic heterocycles. The zero-order valence-corrected chi connectivity index (χ0v) is 21.3. The maximum absolute atomic E-state index is 13.4. The van der Waals surface area contributed by atoms with Crippen LogP contribution in [0, 0.1) is 0 Å². The molecule has 1 unspecified atom stereocenters. The van der Waals surface area contributed by atoms with Gasteiger partial charge in [0.15, 0.2) is 11.5 Å². The summed E-state index contributed by atoms with van der Waals surface area (Å²) >= 11 is 6.28. The molecule has 190 valence electrons. The van der Waals surface area contributed by atoms with Crippen LogP contribution in [-0.2, 0) is 16.1 Å². The second-order valence-electron chi connectivity index (χ2n) is 8.95. The van der Waals surface area contributed by atoms with Crippen molar-refractivity contribution in [2.45, 2.75) is 12.6 Å². The topological polar surface area (TPSA) is 88.5 Å². The molecule has 3 aromatic carbocycles. The van der Waals surface area contributed by atoms with Crippen LogP contribution in [0.5, 0.6) is 17.2 Å². The van der Waals surface area contributed by atoms with Gasteiger partial charge in [0, 0.05) is 31.9 Å². The van der Waals surface area contributed by atoms with Gasteiger partial charge in [0.2, 0.25) is 6.79 Å². The Bertz CT molecular complexity index is 1420. The molecule has 3 aromatic rings. The van der Waals surface area contributed by atoms with E-state index >= 15 is 0 Å². The Hall–Kier alpha value is -4.17. The molecular weight excluding hydrogens is 496 g/mol. The van der Waals surface area contributed by atoms with Crippen molar-refractivity contribution < 1.29 is 28.9 Å². The predicted octanol–water partition coefficient (Wildman–Crippen LogP) is 4.77. The summed E-state index contributed by atoms with van der Waals surface area (Å²) in [7, 11) is 5.34. The minimum Gasteiger partial charge on any atom is -0.507 e. The molecule has 0 spiro atoms. The van der Waals surface area contributed by atoms with Gasteiger partial charge in [-0.2, -0.15) is 0 Å². The number of amides is 1. The van der Waals surface area contributed by atoms with Gasteiger partial charge in [-0.1, -0.05) is 29.8 Å². The van der Waals surface area contributed by atoms with E-state index in [0.29, 0.717) is 28.4 Å². The van der Waals surface area contributed by atoms with Crippen molar-refractivity contribution in [1.82, 2.24) is 4.90 Å². The second kappa shape index (κ2) is 9.71. The van der Waals surface area contributed by atoms with E-state index in [1.54, 1.807) is 24.3 Å². The summed E-state index contributed by atoms with van der Waals surface area (Å²) in [5, 5.41) is 11.6. The SMILES string of the molecule is COc1ccc(/C(O)=C2\C(=O)C(=O)N(Cc3ccc4c(c3)OCO4)C2c2ccc(N(C)C)cc2)cc1Cl. The molecule has 0 radical (unpaired) electrons. The molecule has 2 heterocycles. The number of aliphatic hydroxyl groups is 1. The molecule has 1 N–H and O–H groups in total. The lowest BCUT2D eigenvalue weighted by Crippen LogP contribution is -2.29. The summed E-state index contributed by atoms with van der Waals surface area (Å²) in [6.07, 6.45) is 0. The zero-order valence-electron chi connectivity index (χ0n) is 20.5. The summed E-state index contributed by atoms with van der Waals surface area (Å²) in [4.78, 5) is 30.1. The maximum atomic E-state index is 13.4. The maximum Gasteiger partial charge on any atom is 0.295 e. The van der Waals surface area contributed by atoms with Crippen molar-refractivity contribution in [2.24, 2.45) is 0 Å². The number of ether oxygens (including phenoxy) is 3. The first-order chi connectivity index (χ1) is 17.8. The number of methoxy groups -OCH3 is 1. The number of fused-ring (bicyclic) bond motifs is 1. The summed E-state index contributed by atoms with van der Waals surface area (Å²) < 4.78 is 16.1. The zero-order chi connectivity index (χ0) is 26.3. The van der Waals surface area contributed by atoms with E-state index in [0.717, 1.165) is 11.3 Å². The number of anilines is 1. The number of carbonyl (C=O) groups is 2. The molecule has 2 aliphatic rings. The Balaban J connectivity index is 1.61. The smallest absolute Gasteiger partial charge is 0.295 e. The monoisotopic (exact) mass is 520 g/mol. The highest BCUT2D eigenvalue weighted by Gasteiger charge is 2.46. The number of hydrogen-bond acceptors (Lipinski definition) is 7. The Morgan fingerprint density at radius 2 is 1.78 bits per heavy atom. The van der Waals surface area contributed by atoms with Gasteiger partial charge >= 0.3 is 0 Å². The Labute approximate surface area is 219 Å². The Kier molecular flexibility index (Phi) is 6.43. The number of Topliss-reactive ketones (excluding diaryl/α,β-unsaturated/α-hetero) is 1. The summed E-state index contributed by atoms with van der Waals surface area (Å²) in [6.45, 7) is 0.257. The number of carbonyl (C=O) groups excluding carboxylic acids is 2. The van der Waals surface area contributed by atoms with Gasteiger partial charge in [-0.25, -0.2) is 0 Å². The van der Waals surface area contributed by atoms with Gasteiger partial charge < -0.3 is 29.1 Å². The lowest BCUT2D eigenvalue weighted by molar-refractivity contribution is -0.140. The van der Waals surface area contributed by atoms with Crippen molar-refractivity contribution in [2.75, 3.05) is 32.9 Å². The molecule has 1 amide bonds. The number of rotatable bonds is 6. The Morgan fingerprint density at radius 3 is 2.46 bits per heavy atom. The standard InChI is InChI=1S/C28H25ClN2O6/c1-30(2)19-8-5-17(6-9-19)25-24(26(32)18-7-11-21(35-3)20(29)13-18)27(33)28(34)31(25)14-16-4-10-22-23(12-16)37-15-36-22/h4-13,25,32H,14-15H2,1-3H3/b26-24+. The number of halogens is 1. The van der Waals surface area contributed by atoms with Crippen LogP contribution in [0.15, 0.2) is 66.2 Å². The number of likely N-dealkylation sites (tertiary alicyclic amines) is 1. The van der Waals surface area contributed by atoms with Gasteiger partial charge in [-0.05, 0) is 53.6 Å². The number of ketones is 1. The third kappa shape index (κ3) is 4.44. The average Bonchev–Trinajstić information content (AvgIpc) is 3.46. The van der Waals surface area contributed by atoms with Crippen LogP contribution in [-0.4, -0.2) is 49.7 Å². The van der Waals surface area contributed by atoms with Crippen LogP contribution in [0.2, 0.25) is 5.02 Å². The molecular formula is C28H25ClN2O6. The van der Waals surface area contributed by atoms with E-state index < -0.39 is 17.7 Å². The first kappa shape index (κ1) is 24.5. The molecule has 9 heteroatoms. The van der Waals surface area contributed by atoms with E-state index in [4.69, 9.17) is 25.8 Å². The molecule has 1 atom stereocenters. The number of nitrogens with zero attached hydrogens (tertiary/aromatic N) is 2. The molecule has 0 aliphatic carbocycles. The fourth-order valence-electron chi connectivity index (χ4n) is 4.55. The molecule has 8 nitrogen and oxygen atoms in total. The van der Waals surface area contributed by atoms with E-state index in [-0.39, 0.29) is 29.7 Å². The fraction of sp³-hybridized carbons (Fsp3) is 0.214. The molecule has 0 bridgehead atoms. The average molecular weight is 521 g/mol. The summed E-state index contributed by atoms with van der Waals surface area (Å²) in [5.74, 6) is -0.158. The van der Waals surface area contributed by atoms with Gasteiger partial charge in [0.1, 0.15) is 11.5 Å². The van der Waals surface area contributed by atoms with Crippen molar-refractivity contribution in [3.05, 3.63) is 87.9 Å².